The molecule has 10 heteroatoms. The molecule has 5 rings (SSSR count). The molecule has 32 heavy (non-hydrogen) atoms. The Kier molecular flexibility index (Phi) is 5.08. The molecule has 4 heterocycles. The molecular weight excluding hydrogens is 408 g/mol. The van der Waals surface area contributed by atoms with Crippen LogP contribution in [0.15, 0.2) is 61.3 Å². The molecule has 0 amide bonds. The number of nitrogens with zero attached hydrogens (tertiary/aromatic N) is 6. The van der Waals surface area contributed by atoms with Crippen LogP contribution in [0, 0.1) is 0 Å². The standard InChI is InChI=1S/C22H20N8O2/c1-31-16-7-15(8-17(9-16)32-2)30(13-20-23-5-6-24-20)21-4-3-18-22(29-21)28-19(12-25-18)14-10-26-27-11-14/h3-12H,13H2,1-2H3,(H,23,24)(H,26,27). The van der Waals surface area contributed by atoms with Crippen molar-refractivity contribution in [2.24, 2.45) is 0 Å². The summed E-state index contributed by atoms with van der Waals surface area (Å²) in [7, 11) is 3.24. The summed E-state index contributed by atoms with van der Waals surface area (Å²) in [6, 6.07) is 9.47. The summed E-state index contributed by atoms with van der Waals surface area (Å²) < 4.78 is 10.9. The summed E-state index contributed by atoms with van der Waals surface area (Å²) >= 11 is 0. The van der Waals surface area contributed by atoms with Gasteiger partial charge >= 0.3 is 0 Å². The van der Waals surface area contributed by atoms with Gasteiger partial charge in [-0.25, -0.2) is 15.0 Å². The first-order chi connectivity index (χ1) is 15.7. The van der Waals surface area contributed by atoms with E-state index in [1.165, 1.54) is 0 Å². The largest absolute Gasteiger partial charge is 0.497 e. The Bertz CT molecular complexity index is 1310. The molecule has 160 valence electrons. The number of hydrogen-bond acceptors (Lipinski definition) is 8. The molecule has 2 N–H and O–H groups in total. The highest BCUT2D eigenvalue weighted by molar-refractivity contribution is 5.77. The minimum absolute atomic E-state index is 0.455. The second-order valence-electron chi connectivity index (χ2n) is 6.95. The summed E-state index contributed by atoms with van der Waals surface area (Å²) in [6.07, 6.45) is 8.69. The third-order valence-corrected chi connectivity index (χ3v) is 4.97. The number of methoxy groups -OCH3 is 2. The van der Waals surface area contributed by atoms with Gasteiger partial charge in [0.1, 0.15) is 28.7 Å². The first kappa shape index (κ1) is 19.5. The second kappa shape index (κ2) is 8.34. The second-order valence-corrected chi connectivity index (χ2v) is 6.95. The summed E-state index contributed by atoms with van der Waals surface area (Å²) in [4.78, 5) is 23.5. The van der Waals surface area contributed by atoms with Crippen molar-refractivity contribution in [3.8, 4) is 22.8 Å². The van der Waals surface area contributed by atoms with Gasteiger partial charge in [0.2, 0.25) is 0 Å². The van der Waals surface area contributed by atoms with Crippen molar-refractivity contribution >= 4 is 22.7 Å². The molecule has 4 aromatic heterocycles. The van der Waals surface area contributed by atoms with Gasteiger partial charge in [-0.1, -0.05) is 0 Å². The number of rotatable bonds is 7. The third-order valence-electron chi connectivity index (χ3n) is 4.97. The number of pyridine rings is 1. The molecule has 0 atom stereocenters. The van der Waals surface area contributed by atoms with Gasteiger partial charge in [-0.05, 0) is 12.1 Å². The lowest BCUT2D eigenvalue weighted by Gasteiger charge is -2.24. The van der Waals surface area contributed by atoms with Crippen molar-refractivity contribution in [1.82, 2.24) is 35.1 Å². The molecule has 0 aliphatic carbocycles. The lowest BCUT2D eigenvalue weighted by atomic mass is 10.2. The van der Waals surface area contributed by atoms with Gasteiger partial charge in [0.05, 0.1) is 44.5 Å². The molecule has 0 unspecified atom stereocenters. The molecule has 0 aliphatic rings. The number of H-pyrrole nitrogens is 2. The Labute approximate surface area is 183 Å². The predicted octanol–water partition coefficient (Wildman–Crippen LogP) is 3.49. The van der Waals surface area contributed by atoms with Crippen LogP contribution in [0.3, 0.4) is 0 Å². The molecule has 5 aromatic rings. The summed E-state index contributed by atoms with van der Waals surface area (Å²) in [5.74, 6) is 2.81. The average Bonchev–Trinajstić information content (AvgIpc) is 3.56. The van der Waals surface area contributed by atoms with Crippen LogP contribution in [-0.4, -0.2) is 49.3 Å². The number of imidazole rings is 1. The van der Waals surface area contributed by atoms with Crippen molar-refractivity contribution in [1.29, 1.82) is 0 Å². The fourth-order valence-electron chi connectivity index (χ4n) is 3.36. The third kappa shape index (κ3) is 3.81. The van der Waals surface area contributed by atoms with Gasteiger partial charge in [-0.15, -0.1) is 0 Å². The van der Waals surface area contributed by atoms with Crippen LogP contribution < -0.4 is 14.4 Å². The molecule has 0 saturated carbocycles. The molecule has 1 aromatic carbocycles. The zero-order valence-corrected chi connectivity index (χ0v) is 17.5. The number of nitrogens with one attached hydrogen (secondary N) is 2. The highest BCUT2D eigenvalue weighted by Gasteiger charge is 2.17. The minimum atomic E-state index is 0.455. The van der Waals surface area contributed by atoms with Crippen LogP contribution in [0.25, 0.3) is 22.4 Å². The van der Waals surface area contributed by atoms with Gasteiger partial charge < -0.3 is 19.4 Å². The van der Waals surface area contributed by atoms with Crippen molar-refractivity contribution in [2.75, 3.05) is 19.1 Å². The van der Waals surface area contributed by atoms with Crippen LogP contribution in [0.1, 0.15) is 5.82 Å². The number of benzene rings is 1. The van der Waals surface area contributed by atoms with Gasteiger partial charge in [-0.3, -0.25) is 10.1 Å². The zero-order chi connectivity index (χ0) is 21.9. The Morgan fingerprint density at radius 1 is 0.969 bits per heavy atom. The molecular formula is C22H20N8O2. The van der Waals surface area contributed by atoms with E-state index in [0.29, 0.717) is 40.7 Å². The van der Waals surface area contributed by atoms with Crippen molar-refractivity contribution in [2.45, 2.75) is 6.54 Å². The van der Waals surface area contributed by atoms with Gasteiger partial charge in [-0.2, -0.15) is 5.10 Å². The fraction of sp³-hybridized carbons (Fsp3) is 0.136. The summed E-state index contributed by atoms with van der Waals surface area (Å²) in [5, 5.41) is 6.78. The lowest BCUT2D eigenvalue weighted by Crippen LogP contribution is -2.19. The summed E-state index contributed by atoms with van der Waals surface area (Å²) in [5.41, 5.74) is 3.60. The zero-order valence-electron chi connectivity index (χ0n) is 17.5. The molecule has 0 bridgehead atoms. The van der Waals surface area contributed by atoms with Crippen LogP contribution in [-0.2, 0) is 6.54 Å². The predicted molar refractivity (Wildman–Crippen MR) is 119 cm³/mol. The fourth-order valence-corrected chi connectivity index (χ4v) is 3.36. The number of hydrogen-bond donors (Lipinski definition) is 2. The number of fused-ring (bicyclic) bond motifs is 1. The average molecular weight is 428 g/mol. The van der Waals surface area contributed by atoms with E-state index in [4.69, 9.17) is 14.5 Å². The topological polar surface area (TPSA) is 118 Å². The van der Waals surface area contributed by atoms with Crippen molar-refractivity contribution in [3.63, 3.8) is 0 Å². The first-order valence-corrected chi connectivity index (χ1v) is 9.85. The molecule has 0 radical (unpaired) electrons. The van der Waals surface area contributed by atoms with Crippen LogP contribution >= 0.6 is 0 Å². The molecule has 0 fully saturated rings. The number of anilines is 2. The van der Waals surface area contributed by atoms with Crippen LogP contribution in [0.4, 0.5) is 11.5 Å². The van der Waals surface area contributed by atoms with E-state index in [2.05, 4.69) is 30.1 Å². The Balaban J connectivity index is 1.62. The quantitative estimate of drug-likeness (QED) is 0.404. The highest BCUT2D eigenvalue weighted by atomic mass is 16.5. The van der Waals surface area contributed by atoms with Gasteiger partial charge in [0.15, 0.2) is 5.65 Å². The first-order valence-electron chi connectivity index (χ1n) is 9.85. The van der Waals surface area contributed by atoms with Crippen LogP contribution in [0.2, 0.25) is 0 Å². The Morgan fingerprint density at radius 2 is 1.81 bits per heavy atom. The van der Waals surface area contributed by atoms with Crippen molar-refractivity contribution < 1.29 is 9.47 Å². The van der Waals surface area contributed by atoms with Gasteiger partial charge in [0.25, 0.3) is 0 Å². The molecule has 0 saturated heterocycles. The lowest BCUT2D eigenvalue weighted by molar-refractivity contribution is 0.394. The number of ether oxygens (including phenoxy) is 2. The van der Waals surface area contributed by atoms with E-state index in [0.717, 1.165) is 17.1 Å². The maximum Gasteiger partial charge on any atom is 0.180 e. The van der Waals surface area contributed by atoms with E-state index in [1.54, 1.807) is 45.2 Å². The minimum Gasteiger partial charge on any atom is -0.497 e. The number of aromatic nitrogens is 7. The van der Waals surface area contributed by atoms with E-state index >= 15 is 0 Å². The SMILES string of the molecule is COc1cc(OC)cc(N(Cc2ncc[nH]2)c2ccc3ncc(-c4cn[nH]c4)nc3n2)c1. The molecule has 10 nitrogen and oxygen atoms in total. The van der Waals surface area contributed by atoms with E-state index in [1.807, 2.05) is 35.2 Å². The van der Waals surface area contributed by atoms with E-state index in [9.17, 15) is 0 Å². The smallest absolute Gasteiger partial charge is 0.180 e. The molecule has 0 spiro atoms. The maximum atomic E-state index is 5.46. The van der Waals surface area contributed by atoms with Crippen molar-refractivity contribution in [3.05, 3.63) is 67.1 Å². The Morgan fingerprint density at radius 3 is 2.50 bits per heavy atom. The molecule has 0 aliphatic heterocycles. The monoisotopic (exact) mass is 428 g/mol. The van der Waals surface area contributed by atoms with E-state index in [-0.39, 0.29) is 0 Å². The van der Waals surface area contributed by atoms with E-state index < -0.39 is 0 Å². The maximum absolute atomic E-state index is 5.46. The Hall–Kier alpha value is -4.47. The highest BCUT2D eigenvalue weighted by Crippen LogP contribution is 2.33. The number of aromatic amines is 2. The normalized spacial score (nSPS) is 10.9. The van der Waals surface area contributed by atoms with Gasteiger partial charge in [0, 0.05) is 42.4 Å². The summed E-state index contributed by atoms with van der Waals surface area (Å²) in [6.45, 7) is 0.455. The van der Waals surface area contributed by atoms with Crippen LogP contribution in [0.5, 0.6) is 11.5 Å².